The number of carbonyl (C=O) groups excluding carboxylic acids is 1. The zero-order valence-corrected chi connectivity index (χ0v) is 12.6. The van der Waals surface area contributed by atoms with Crippen molar-refractivity contribution in [2.24, 2.45) is 5.73 Å². The number of methoxy groups -OCH3 is 1. The molecule has 2 rings (SSSR count). The lowest BCUT2D eigenvalue weighted by atomic mass is 9.98. The third-order valence-corrected chi connectivity index (χ3v) is 3.63. The van der Waals surface area contributed by atoms with Gasteiger partial charge in [-0.05, 0) is 29.8 Å². The molecule has 0 aliphatic rings. The molecule has 2 aromatic carbocycles. The molecule has 116 valence electrons. The van der Waals surface area contributed by atoms with Crippen LogP contribution in [0.15, 0.2) is 54.6 Å². The van der Waals surface area contributed by atoms with Crippen LogP contribution in [0.2, 0.25) is 0 Å². The average Bonchev–Trinajstić information content (AvgIpc) is 2.56. The van der Waals surface area contributed by atoms with Gasteiger partial charge in [0.1, 0.15) is 5.75 Å². The molecule has 0 aliphatic carbocycles. The van der Waals surface area contributed by atoms with E-state index < -0.39 is 18.1 Å². The molecule has 1 amide bonds. The van der Waals surface area contributed by atoms with E-state index in [1.807, 2.05) is 54.4 Å². The van der Waals surface area contributed by atoms with Crippen molar-refractivity contribution >= 4 is 11.6 Å². The van der Waals surface area contributed by atoms with E-state index in [-0.39, 0.29) is 0 Å². The van der Waals surface area contributed by atoms with Crippen molar-refractivity contribution in [3.8, 4) is 5.75 Å². The predicted molar refractivity (Wildman–Crippen MR) is 85.8 cm³/mol. The smallest absolute Gasteiger partial charge is 0.248 e. The van der Waals surface area contributed by atoms with Gasteiger partial charge >= 0.3 is 0 Å². The summed E-state index contributed by atoms with van der Waals surface area (Å²) in [4.78, 5) is 13.3. The van der Waals surface area contributed by atoms with Crippen molar-refractivity contribution in [3.63, 3.8) is 0 Å². The highest BCUT2D eigenvalue weighted by Gasteiger charge is 2.29. The van der Waals surface area contributed by atoms with Gasteiger partial charge in [0, 0.05) is 12.7 Å². The number of nitrogens with two attached hydrogens (primary N) is 1. The molecule has 0 aliphatic heterocycles. The van der Waals surface area contributed by atoms with E-state index in [1.54, 1.807) is 19.2 Å². The fourth-order valence-corrected chi connectivity index (χ4v) is 2.40. The number of carbonyl (C=O) groups is 1. The maximum absolute atomic E-state index is 11.5. The molecule has 0 saturated carbocycles. The quantitative estimate of drug-likeness (QED) is 0.851. The van der Waals surface area contributed by atoms with Gasteiger partial charge in [-0.1, -0.05) is 30.3 Å². The summed E-state index contributed by atoms with van der Waals surface area (Å²) in [6.07, 6.45) is -1.32. The molecule has 3 N–H and O–H groups in total. The van der Waals surface area contributed by atoms with Crippen molar-refractivity contribution in [1.82, 2.24) is 0 Å². The topological polar surface area (TPSA) is 75.8 Å². The molecule has 0 heterocycles. The number of amides is 1. The SMILES string of the molecule is COc1ccc(C(C(O)C(N)=O)N(C)c2ccccc2)cc1. The highest BCUT2D eigenvalue weighted by atomic mass is 16.5. The summed E-state index contributed by atoms with van der Waals surface area (Å²) in [6.45, 7) is 0. The van der Waals surface area contributed by atoms with Crippen molar-refractivity contribution < 1.29 is 14.6 Å². The number of para-hydroxylation sites is 1. The molecule has 2 unspecified atom stereocenters. The number of rotatable bonds is 6. The number of anilines is 1. The van der Waals surface area contributed by atoms with Gasteiger partial charge in [-0.15, -0.1) is 0 Å². The Hall–Kier alpha value is -2.53. The highest BCUT2D eigenvalue weighted by Crippen LogP contribution is 2.29. The molecule has 0 aromatic heterocycles. The Morgan fingerprint density at radius 1 is 1.14 bits per heavy atom. The Balaban J connectivity index is 2.39. The third-order valence-electron chi connectivity index (χ3n) is 3.63. The molecule has 2 aromatic rings. The maximum Gasteiger partial charge on any atom is 0.248 e. The zero-order valence-electron chi connectivity index (χ0n) is 12.6. The van der Waals surface area contributed by atoms with Gasteiger partial charge in [-0.2, -0.15) is 0 Å². The van der Waals surface area contributed by atoms with Gasteiger partial charge in [-0.3, -0.25) is 4.79 Å². The van der Waals surface area contributed by atoms with Crippen LogP contribution in [-0.2, 0) is 4.79 Å². The Kier molecular flexibility index (Phi) is 5.01. The predicted octanol–water partition coefficient (Wildman–Crippen LogP) is 1.72. The summed E-state index contributed by atoms with van der Waals surface area (Å²) >= 11 is 0. The van der Waals surface area contributed by atoms with Crippen LogP contribution in [-0.4, -0.2) is 31.3 Å². The van der Waals surface area contributed by atoms with Crippen LogP contribution in [0.5, 0.6) is 5.75 Å². The lowest BCUT2D eigenvalue weighted by Crippen LogP contribution is -2.42. The number of benzene rings is 2. The van der Waals surface area contributed by atoms with Crippen molar-refractivity contribution in [3.05, 3.63) is 60.2 Å². The first-order valence-corrected chi connectivity index (χ1v) is 6.94. The van der Waals surface area contributed by atoms with E-state index >= 15 is 0 Å². The van der Waals surface area contributed by atoms with Crippen LogP contribution in [0.1, 0.15) is 11.6 Å². The molecule has 5 nitrogen and oxygen atoms in total. The van der Waals surface area contributed by atoms with Crippen LogP contribution in [0.25, 0.3) is 0 Å². The number of hydrogen-bond donors (Lipinski definition) is 2. The Bertz CT molecular complexity index is 614. The number of hydrogen-bond acceptors (Lipinski definition) is 4. The monoisotopic (exact) mass is 300 g/mol. The van der Waals surface area contributed by atoms with Crippen molar-refractivity contribution in [2.75, 3.05) is 19.1 Å². The molecule has 0 radical (unpaired) electrons. The lowest BCUT2D eigenvalue weighted by molar-refractivity contribution is -0.127. The number of likely N-dealkylation sites (N-methyl/N-ethyl adjacent to an activating group) is 1. The molecule has 0 saturated heterocycles. The standard InChI is InChI=1S/C17H20N2O3/c1-19(13-6-4-3-5-7-13)15(16(20)17(18)21)12-8-10-14(22-2)11-9-12/h3-11,15-16,20H,1-2H3,(H2,18,21). The Morgan fingerprint density at radius 2 is 1.73 bits per heavy atom. The number of nitrogens with zero attached hydrogens (tertiary/aromatic N) is 1. The Labute approximate surface area is 129 Å². The summed E-state index contributed by atoms with van der Waals surface area (Å²) in [7, 11) is 3.40. The maximum atomic E-state index is 11.5. The summed E-state index contributed by atoms with van der Waals surface area (Å²) in [6, 6.07) is 16.1. The molecular weight excluding hydrogens is 280 g/mol. The van der Waals surface area contributed by atoms with Crippen molar-refractivity contribution in [2.45, 2.75) is 12.1 Å². The first kappa shape index (κ1) is 15.9. The molecule has 0 bridgehead atoms. The fraction of sp³-hybridized carbons (Fsp3) is 0.235. The van der Waals surface area contributed by atoms with E-state index in [2.05, 4.69) is 0 Å². The summed E-state index contributed by atoms with van der Waals surface area (Å²) < 4.78 is 5.13. The molecular formula is C17H20N2O3. The lowest BCUT2D eigenvalue weighted by Gasteiger charge is -2.32. The van der Waals surface area contributed by atoms with Gasteiger partial charge < -0.3 is 20.5 Å². The van der Waals surface area contributed by atoms with E-state index in [1.165, 1.54) is 0 Å². The summed E-state index contributed by atoms with van der Waals surface area (Å²) in [5.41, 5.74) is 6.96. The van der Waals surface area contributed by atoms with Crippen LogP contribution >= 0.6 is 0 Å². The van der Waals surface area contributed by atoms with Gasteiger partial charge in [-0.25, -0.2) is 0 Å². The second-order valence-electron chi connectivity index (χ2n) is 5.01. The fourth-order valence-electron chi connectivity index (χ4n) is 2.40. The second-order valence-corrected chi connectivity index (χ2v) is 5.01. The normalized spacial score (nSPS) is 13.2. The first-order chi connectivity index (χ1) is 10.5. The van der Waals surface area contributed by atoms with E-state index in [0.717, 1.165) is 11.3 Å². The van der Waals surface area contributed by atoms with Gasteiger partial charge in [0.15, 0.2) is 6.10 Å². The second kappa shape index (κ2) is 6.95. The molecule has 0 fully saturated rings. The number of aliphatic hydroxyl groups is 1. The number of aliphatic hydroxyl groups excluding tert-OH is 1. The summed E-state index contributed by atoms with van der Waals surface area (Å²) in [5.74, 6) is -0.0537. The molecule has 0 spiro atoms. The van der Waals surface area contributed by atoms with E-state index in [0.29, 0.717) is 5.75 Å². The molecule has 2 atom stereocenters. The number of ether oxygens (including phenoxy) is 1. The first-order valence-electron chi connectivity index (χ1n) is 6.94. The van der Waals surface area contributed by atoms with E-state index in [4.69, 9.17) is 10.5 Å². The van der Waals surface area contributed by atoms with E-state index in [9.17, 15) is 9.90 Å². The minimum absolute atomic E-state index is 0.578. The van der Waals surface area contributed by atoms with Crippen LogP contribution in [0, 0.1) is 0 Å². The highest BCUT2D eigenvalue weighted by molar-refractivity contribution is 5.80. The molecule has 5 heteroatoms. The zero-order chi connectivity index (χ0) is 16.1. The van der Waals surface area contributed by atoms with Gasteiger partial charge in [0.05, 0.1) is 13.2 Å². The largest absolute Gasteiger partial charge is 0.497 e. The van der Waals surface area contributed by atoms with Crippen LogP contribution in [0.4, 0.5) is 5.69 Å². The Morgan fingerprint density at radius 3 is 2.23 bits per heavy atom. The van der Waals surface area contributed by atoms with Gasteiger partial charge in [0.25, 0.3) is 0 Å². The van der Waals surface area contributed by atoms with Crippen LogP contribution in [0.3, 0.4) is 0 Å². The summed E-state index contributed by atoms with van der Waals surface area (Å²) in [5, 5.41) is 10.3. The minimum Gasteiger partial charge on any atom is -0.497 e. The van der Waals surface area contributed by atoms with Crippen LogP contribution < -0.4 is 15.4 Å². The van der Waals surface area contributed by atoms with Crippen molar-refractivity contribution in [1.29, 1.82) is 0 Å². The number of primary amides is 1. The third kappa shape index (κ3) is 3.38. The van der Waals surface area contributed by atoms with Gasteiger partial charge in [0.2, 0.25) is 5.91 Å². The minimum atomic E-state index is -1.32. The molecule has 22 heavy (non-hydrogen) atoms. The average molecular weight is 300 g/mol.